The van der Waals surface area contributed by atoms with Crippen LogP contribution in [0, 0.1) is 28.6 Å². The molecule has 0 aliphatic carbocycles. The predicted octanol–water partition coefficient (Wildman–Crippen LogP) is 5.06. The average molecular weight is 329 g/mol. The Morgan fingerprint density at radius 3 is 1.74 bits per heavy atom. The fourth-order valence-corrected chi connectivity index (χ4v) is 3.64. The molecule has 0 radical (unpaired) electrons. The summed E-state index contributed by atoms with van der Waals surface area (Å²) in [6.07, 6.45) is 2.03. The van der Waals surface area contributed by atoms with Crippen LogP contribution in [0.4, 0.5) is 0 Å². The summed E-state index contributed by atoms with van der Waals surface area (Å²) in [6.45, 7) is 18.9. The molecule has 3 nitrogen and oxygen atoms in total. The van der Waals surface area contributed by atoms with Gasteiger partial charge in [0, 0.05) is 5.41 Å². The zero-order valence-electron chi connectivity index (χ0n) is 16.9. The number of esters is 1. The topological polar surface area (TPSA) is 46.5 Å². The standard InChI is InChI=1S/C20H40O3/c1-10-20(11-14(2)3,12-15(4)5)18(22)23-13-19(8,9)17(21)16(6)7/h14-17,21H,10-13H2,1-9H3. The number of aliphatic hydroxyl groups excluding tert-OH is 1. The molecule has 23 heavy (non-hydrogen) atoms. The maximum absolute atomic E-state index is 12.9. The minimum atomic E-state index is -0.485. The van der Waals surface area contributed by atoms with Gasteiger partial charge in [0.1, 0.15) is 0 Å². The van der Waals surface area contributed by atoms with Gasteiger partial charge >= 0.3 is 5.97 Å². The summed E-state index contributed by atoms with van der Waals surface area (Å²) in [6, 6.07) is 0. The van der Waals surface area contributed by atoms with E-state index >= 15 is 0 Å². The Balaban J connectivity index is 5.10. The van der Waals surface area contributed by atoms with Crippen LogP contribution in [0.5, 0.6) is 0 Å². The zero-order valence-corrected chi connectivity index (χ0v) is 16.9. The minimum absolute atomic E-state index is 0.0913. The Kier molecular flexibility index (Phi) is 8.83. The second-order valence-corrected chi connectivity index (χ2v) is 9.08. The molecule has 0 saturated heterocycles. The van der Waals surface area contributed by atoms with E-state index in [4.69, 9.17) is 4.74 Å². The van der Waals surface area contributed by atoms with Gasteiger partial charge < -0.3 is 9.84 Å². The van der Waals surface area contributed by atoms with Crippen molar-refractivity contribution in [1.29, 1.82) is 0 Å². The van der Waals surface area contributed by atoms with Crippen LogP contribution in [0.15, 0.2) is 0 Å². The number of hydrogen-bond acceptors (Lipinski definition) is 3. The Labute approximate surface area is 144 Å². The lowest BCUT2D eigenvalue weighted by Gasteiger charge is -2.37. The van der Waals surface area contributed by atoms with Gasteiger partial charge in [-0.3, -0.25) is 4.79 Å². The van der Waals surface area contributed by atoms with Crippen LogP contribution in [0.2, 0.25) is 0 Å². The van der Waals surface area contributed by atoms with Crippen molar-refractivity contribution in [2.45, 2.75) is 87.7 Å². The molecule has 0 fully saturated rings. The molecule has 0 bridgehead atoms. The van der Waals surface area contributed by atoms with Gasteiger partial charge in [0.15, 0.2) is 0 Å². The number of carbonyl (C=O) groups is 1. The molecule has 0 amide bonds. The second kappa shape index (κ2) is 9.05. The van der Waals surface area contributed by atoms with Crippen LogP contribution >= 0.6 is 0 Å². The summed E-state index contributed by atoms with van der Waals surface area (Å²) < 4.78 is 5.74. The fraction of sp³-hybridized carbons (Fsp3) is 0.950. The molecule has 0 spiro atoms. The Hall–Kier alpha value is -0.570. The molecule has 0 rings (SSSR count). The summed E-state index contributed by atoms with van der Waals surface area (Å²) in [7, 11) is 0. The van der Waals surface area contributed by atoms with Crippen molar-refractivity contribution in [3.05, 3.63) is 0 Å². The Morgan fingerprint density at radius 2 is 1.43 bits per heavy atom. The lowest BCUT2D eigenvalue weighted by Crippen LogP contribution is -2.41. The Morgan fingerprint density at radius 1 is 1.00 bits per heavy atom. The average Bonchev–Trinajstić information content (AvgIpc) is 2.41. The van der Waals surface area contributed by atoms with Gasteiger partial charge in [0.2, 0.25) is 0 Å². The summed E-state index contributed by atoms with van der Waals surface area (Å²) >= 11 is 0. The molecule has 0 aromatic heterocycles. The summed E-state index contributed by atoms with van der Waals surface area (Å²) in [5, 5.41) is 10.3. The van der Waals surface area contributed by atoms with E-state index in [1.54, 1.807) is 0 Å². The van der Waals surface area contributed by atoms with Crippen LogP contribution in [-0.2, 0) is 9.53 Å². The normalized spacial score (nSPS) is 14.7. The summed E-state index contributed by atoms with van der Waals surface area (Å²) in [4.78, 5) is 12.9. The fourth-order valence-electron chi connectivity index (χ4n) is 3.64. The van der Waals surface area contributed by atoms with E-state index in [-0.39, 0.29) is 18.5 Å². The number of ether oxygens (including phenoxy) is 1. The molecule has 0 aliphatic heterocycles. The number of carbonyl (C=O) groups excluding carboxylic acids is 1. The largest absolute Gasteiger partial charge is 0.465 e. The van der Waals surface area contributed by atoms with Crippen molar-refractivity contribution in [3.8, 4) is 0 Å². The zero-order chi connectivity index (χ0) is 18.4. The van der Waals surface area contributed by atoms with Gasteiger partial charge in [-0.05, 0) is 37.0 Å². The quantitative estimate of drug-likeness (QED) is 0.570. The third kappa shape index (κ3) is 6.82. The number of aliphatic hydroxyl groups is 1. The molecule has 1 N–H and O–H groups in total. The number of rotatable bonds is 10. The molecule has 138 valence electrons. The molecule has 0 saturated carbocycles. The molecule has 3 heteroatoms. The second-order valence-electron chi connectivity index (χ2n) is 9.08. The van der Waals surface area contributed by atoms with E-state index in [9.17, 15) is 9.90 Å². The van der Waals surface area contributed by atoms with Crippen LogP contribution in [0.3, 0.4) is 0 Å². The number of hydrogen-bond donors (Lipinski definition) is 1. The van der Waals surface area contributed by atoms with Crippen molar-refractivity contribution in [2.75, 3.05) is 6.61 Å². The van der Waals surface area contributed by atoms with Gasteiger partial charge in [-0.25, -0.2) is 0 Å². The molecular formula is C20H40O3. The first-order valence-corrected chi connectivity index (χ1v) is 9.23. The lowest BCUT2D eigenvalue weighted by atomic mass is 9.72. The van der Waals surface area contributed by atoms with Crippen molar-refractivity contribution in [3.63, 3.8) is 0 Å². The molecule has 0 aliphatic rings. The van der Waals surface area contributed by atoms with Gasteiger partial charge in [-0.15, -0.1) is 0 Å². The van der Waals surface area contributed by atoms with Crippen molar-refractivity contribution in [2.24, 2.45) is 28.6 Å². The maximum Gasteiger partial charge on any atom is 0.312 e. The van der Waals surface area contributed by atoms with Crippen LogP contribution in [-0.4, -0.2) is 23.8 Å². The van der Waals surface area contributed by atoms with E-state index in [0.717, 1.165) is 19.3 Å². The van der Waals surface area contributed by atoms with Gasteiger partial charge in [-0.1, -0.05) is 62.3 Å². The molecular weight excluding hydrogens is 288 g/mol. The van der Waals surface area contributed by atoms with Crippen molar-refractivity contribution in [1.82, 2.24) is 0 Å². The summed E-state index contributed by atoms with van der Waals surface area (Å²) in [5.41, 5.74) is -0.833. The van der Waals surface area contributed by atoms with E-state index in [1.165, 1.54) is 0 Å². The highest BCUT2D eigenvalue weighted by Crippen LogP contribution is 2.39. The third-order valence-corrected chi connectivity index (χ3v) is 4.72. The summed E-state index contributed by atoms with van der Waals surface area (Å²) in [5.74, 6) is 0.962. The van der Waals surface area contributed by atoms with E-state index in [0.29, 0.717) is 11.8 Å². The van der Waals surface area contributed by atoms with Crippen LogP contribution in [0.1, 0.15) is 81.6 Å². The van der Waals surface area contributed by atoms with Crippen molar-refractivity contribution >= 4 is 5.97 Å². The van der Waals surface area contributed by atoms with Gasteiger partial charge in [0.05, 0.1) is 18.1 Å². The molecule has 1 atom stereocenters. The highest BCUT2D eigenvalue weighted by Gasteiger charge is 2.41. The van der Waals surface area contributed by atoms with E-state index < -0.39 is 16.9 Å². The minimum Gasteiger partial charge on any atom is -0.465 e. The van der Waals surface area contributed by atoms with Gasteiger partial charge in [-0.2, -0.15) is 0 Å². The molecule has 0 aromatic rings. The highest BCUT2D eigenvalue weighted by atomic mass is 16.5. The van der Waals surface area contributed by atoms with Crippen LogP contribution < -0.4 is 0 Å². The highest BCUT2D eigenvalue weighted by molar-refractivity contribution is 5.76. The van der Waals surface area contributed by atoms with Gasteiger partial charge in [0.25, 0.3) is 0 Å². The molecule has 0 heterocycles. The van der Waals surface area contributed by atoms with Crippen molar-refractivity contribution < 1.29 is 14.6 Å². The monoisotopic (exact) mass is 328 g/mol. The first-order valence-electron chi connectivity index (χ1n) is 9.23. The molecule has 0 aromatic carbocycles. The Bertz CT molecular complexity index is 346. The van der Waals surface area contributed by atoms with E-state index in [1.807, 2.05) is 27.7 Å². The predicted molar refractivity (Wildman–Crippen MR) is 97.2 cm³/mol. The van der Waals surface area contributed by atoms with Crippen LogP contribution in [0.25, 0.3) is 0 Å². The molecule has 1 unspecified atom stereocenters. The smallest absolute Gasteiger partial charge is 0.312 e. The third-order valence-electron chi connectivity index (χ3n) is 4.72. The van der Waals surface area contributed by atoms with E-state index in [2.05, 4.69) is 34.6 Å². The first kappa shape index (κ1) is 22.4. The SMILES string of the molecule is CCC(CC(C)C)(CC(C)C)C(=O)OCC(C)(C)C(O)C(C)C. The first-order chi connectivity index (χ1) is 10.4. The maximum atomic E-state index is 12.9. The lowest BCUT2D eigenvalue weighted by molar-refractivity contribution is -0.165.